The molecule has 1 fully saturated rings. The highest BCUT2D eigenvalue weighted by Crippen LogP contribution is 2.27. The number of aromatic nitrogens is 3. The number of carbonyl (C=O) groups is 1. The Labute approximate surface area is 160 Å². The molecule has 26 heavy (non-hydrogen) atoms. The molecule has 0 spiro atoms. The van der Waals surface area contributed by atoms with Gasteiger partial charge in [0.2, 0.25) is 0 Å². The topological polar surface area (TPSA) is 54.3 Å². The molecule has 1 aliphatic heterocycles. The first-order chi connectivity index (χ1) is 12.6. The van der Waals surface area contributed by atoms with Gasteiger partial charge in [0.25, 0.3) is 5.91 Å². The number of benzene rings is 1. The van der Waals surface area contributed by atoms with Gasteiger partial charge in [0, 0.05) is 50.4 Å². The molecule has 3 heterocycles. The fraction of sp³-hybridized carbons (Fsp3) is 0.278. The van der Waals surface area contributed by atoms with Crippen LogP contribution in [-0.2, 0) is 7.05 Å². The molecule has 1 aromatic carbocycles. The van der Waals surface area contributed by atoms with Crippen LogP contribution in [0, 0.1) is 0 Å². The molecule has 0 bridgehead atoms. The van der Waals surface area contributed by atoms with E-state index in [0.29, 0.717) is 18.8 Å². The van der Waals surface area contributed by atoms with Crippen LogP contribution in [0.1, 0.15) is 10.5 Å². The third-order valence-electron chi connectivity index (χ3n) is 4.44. The highest BCUT2D eigenvalue weighted by Gasteiger charge is 2.25. The molecule has 6 nitrogen and oxygen atoms in total. The normalized spacial score (nSPS) is 14.7. The van der Waals surface area contributed by atoms with Crippen LogP contribution in [0.4, 0.5) is 5.69 Å². The van der Waals surface area contributed by atoms with Gasteiger partial charge >= 0.3 is 0 Å². The van der Waals surface area contributed by atoms with Gasteiger partial charge in [-0.2, -0.15) is 5.10 Å². The van der Waals surface area contributed by atoms with Gasteiger partial charge in [-0.05, 0) is 12.1 Å². The number of para-hydroxylation sites is 1. The van der Waals surface area contributed by atoms with Crippen molar-refractivity contribution in [3.63, 3.8) is 0 Å². The second-order valence-corrected chi connectivity index (χ2v) is 7.44. The summed E-state index contributed by atoms with van der Waals surface area (Å²) in [5.41, 5.74) is 2.45. The maximum Gasteiger partial charge on any atom is 0.273 e. The summed E-state index contributed by atoms with van der Waals surface area (Å²) in [4.78, 5) is 21.3. The largest absolute Gasteiger partial charge is 0.367 e. The number of carbonyl (C=O) groups excluding carboxylic acids is 1. The summed E-state index contributed by atoms with van der Waals surface area (Å²) in [6.45, 7) is 2.83. The monoisotopic (exact) mass is 387 g/mol. The lowest BCUT2D eigenvalue weighted by molar-refractivity contribution is 0.0742. The van der Waals surface area contributed by atoms with E-state index in [2.05, 4.69) is 15.0 Å². The van der Waals surface area contributed by atoms with E-state index >= 15 is 0 Å². The average molecular weight is 388 g/mol. The van der Waals surface area contributed by atoms with Gasteiger partial charge in [0.05, 0.1) is 16.9 Å². The van der Waals surface area contributed by atoms with Crippen molar-refractivity contribution in [2.45, 2.75) is 0 Å². The highest BCUT2D eigenvalue weighted by molar-refractivity contribution is 7.13. The smallest absolute Gasteiger partial charge is 0.273 e. The molecule has 1 amide bonds. The molecule has 0 N–H and O–H groups in total. The zero-order chi connectivity index (χ0) is 18.1. The van der Waals surface area contributed by atoms with Gasteiger partial charge in [-0.15, -0.1) is 11.3 Å². The average Bonchev–Trinajstić information content (AvgIpc) is 3.31. The van der Waals surface area contributed by atoms with E-state index in [1.165, 1.54) is 11.3 Å². The van der Waals surface area contributed by atoms with Crippen LogP contribution in [0.15, 0.2) is 42.0 Å². The van der Waals surface area contributed by atoms with E-state index in [-0.39, 0.29) is 5.91 Å². The number of thiazole rings is 1. The summed E-state index contributed by atoms with van der Waals surface area (Å²) in [7, 11) is 1.86. The number of hydrogen-bond acceptors (Lipinski definition) is 5. The Morgan fingerprint density at radius 3 is 2.65 bits per heavy atom. The Kier molecular flexibility index (Phi) is 4.65. The first-order valence-electron chi connectivity index (χ1n) is 8.35. The van der Waals surface area contributed by atoms with Crippen molar-refractivity contribution in [2.75, 3.05) is 31.1 Å². The molecule has 134 valence electrons. The molecule has 0 atom stereocenters. The number of anilines is 1. The predicted molar refractivity (Wildman–Crippen MR) is 104 cm³/mol. The molecular formula is C18H18ClN5OS. The van der Waals surface area contributed by atoms with Crippen LogP contribution >= 0.6 is 22.9 Å². The van der Waals surface area contributed by atoms with E-state index in [9.17, 15) is 4.79 Å². The number of rotatable bonds is 3. The van der Waals surface area contributed by atoms with Crippen molar-refractivity contribution in [3.05, 3.63) is 52.8 Å². The van der Waals surface area contributed by atoms with E-state index < -0.39 is 0 Å². The van der Waals surface area contributed by atoms with E-state index in [0.717, 1.165) is 34.4 Å². The van der Waals surface area contributed by atoms with Crippen molar-refractivity contribution in [3.8, 4) is 10.6 Å². The van der Waals surface area contributed by atoms with Gasteiger partial charge in [-0.1, -0.05) is 23.7 Å². The fourth-order valence-electron chi connectivity index (χ4n) is 3.06. The van der Waals surface area contributed by atoms with Gasteiger partial charge in [0.15, 0.2) is 0 Å². The summed E-state index contributed by atoms with van der Waals surface area (Å²) in [5.74, 6) is -0.0183. The summed E-state index contributed by atoms with van der Waals surface area (Å²) in [6, 6.07) is 7.81. The fourth-order valence-corrected chi connectivity index (χ4v) is 4.08. The van der Waals surface area contributed by atoms with Gasteiger partial charge < -0.3 is 9.80 Å². The second kappa shape index (κ2) is 7.09. The van der Waals surface area contributed by atoms with E-state index in [1.807, 2.05) is 47.8 Å². The molecule has 1 saturated heterocycles. The lowest BCUT2D eigenvalue weighted by atomic mass is 10.2. The first-order valence-corrected chi connectivity index (χ1v) is 9.61. The molecule has 0 radical (unpaired) electrons. The van der Waals surface area contributed by atoms with Crippen molar-refractivity contribution >= 4 is 34.5 Å². The minimum Gasteiger partial charge on any atom is -0.367 e. The Bertz CT molecular complexity index is 929. The summed E-state index contributed by atoms with van der Waals surface area (Å²) in [6.07, 6.45) is 3.66. The Morgan fingerprint density at radius 2 is 1.96 bits per heavy atom. The Hall–Kier alpha value is -2.38. The number of amides is 1. The number of halogens is 1. The molecule has 4 rings (SSSR count). The molecule has 3 aromatic rings. The van der Waals surface area contributed by atoms with Crippen molar-refractivity contribution in [1.29, 1.82) is 0 Å². The van der Waals surface area contributed by atoms with Gasteiger partial charge in [-0.3, -0.25) is 9.48 Å². The molecular weight excluding hydrogens is 370 g/mol. The minimum atomic E-state index is -0.0183. The van der Waals surface area contributed by atoms with Gasteiger partial charge in [-0.25, -0.2) is 4.98 Å². The maximum absolute atomic E-state index is 12.8. The first kappa shape index (κ1) is 17.1. The molecule has 2 aromatic heterocycles. The lowest BCUT2D eigenvalue weighted by Gasteiger charge is -2.36. The third kappa shape index (κ3) is 3.32. The predicted octanol–water partition coefficient (Wildman–Crippen LogP) is 3.16. The molecule has 8 heteroatoms. The van der Waals surface area contributed by atoms with Crippen molar-refractivity contribution in [2.24, 2.45) is 7.05 Å². The minimum absolute atomic E-state index is 0.0183. The zero-order valence-corrected chi connectivity index (χ0v) is 15.9. The van der Waals surface area contributed by atoms with E-state index in [4.69, 9.17) is 11.6 Å². The number of aryl methyl sites for hydroxylation is 1. The van der Waals surface area contributed by atoms with Crippen LogP contribution in [0.3, 0.4) is 0 Å². The van der Waals surface area contributed by atoms with Crippen molar-refractivity contribution in [1.82, 2.24) is 19.7 Å². The Balaban J connectivity index is 1.42. The second-order valence-electron chi connectivity index (χ2n) is 6.17. The quantitative estimate of drug-likeness (QED) is 0.692. The molecule has 0 unspecified atom stereocenters. The number of piperazine rings is 1. The van der Waals surface area contributed by atoms with Crippen molar-refractivity contribution < 1.29 is 4.79 Å². The Morgan fingerprint density at radius 1 is 1.19 bits per heavy atom. The lowest BCUT2D eigenvalue weighted by Crippen LogP contribution is -2.49. The third-order valence-corrected chi connectivity index (χ3v) is 5.65. The molecule has 0 aliphatic carbocycles. The maximum atomic E-state index is 12.8. The van der Waals surface area contributed by atoms with Crippen LogP contribution in [0.5, 0.6) is 0 Å². The van der Waals surface area contributed by atoms with Gasteiger partial charge in [0.1, 0.15) is 10.7 Å². The number of nitrogens with zero attached hydrogens (tertiary/aromatic N) is 5. The number of hydrogen-bond donors (Lipinski definition) is 0. The van der Waals surface area contributed by atoms with Crippen LogP contribution in [0.25, 0.3) is 10.6 Å². The standard InChI is InChI=1S/C18H18ClN5OS/c1-22-11-13(10-20-22)17-21-15(12-26-17)18(25)24-8-6-23(7-9-24)16-5-3-2-4-14(16)19/h2-5,10-12H,6-9H2,1H3. The van der Waals surface area contributed by atoms with Crippen LogP contribution in [-0.4, -0.2) is 51.8 Å². The zero-order valence-electron chi connectivity index (χ0n) is 14.3. The SMILES string of the molecule is Cn1cc(-c2nc(C(=O)N3CCN(c4ccccc4Cl)CC3)cs2)cn1. The molecule has 0 saturated carbocycles. The molecule has 1 aliphatic rings. The summed E-state index contributed by atoms with van der Waals surface area (Å²) in [5, 5.41) is 7.54. The summed E-state index contributed by atoms with van der Waals surface area (Å²) >= 11 is 7.75. The van der Waals surface area contributed by atoms with Crippen LogP contribution < -0.4 is 4.90 Å². The van der Waals surface area contributed by atoms with Crippen LogP contribution in [0.2, 0.25) is 5.02 Å². The summed E-state index contributed by atoms with van der Waals surface area (Å²) < 4.78 is 1.73. The highest BCUT2D eigenvalue weighted by atomic mass is 35.5. The van der Waals surface area contributed by atoms with E-state index in [1.54, 1.807) is 10.9 Å².